The summed E-state index contributed by atoms with van der Waals surface area (Å²) in [6.45, 7) is 0. The Morgan fingerprint density at radius 2 is 2.11 bits per heavy atom. The second kappa shape index (κ2) is 5.18. The summed E-state index contributed by atoms with van der Waals surface area (Å²) in [6, 6.07) is 9.73. The number of carboxylic acid groups (broad SMARTS) is 1. The molecule has 1 aromatic heterocycles. The van der Waals surface area contributed by atoms with Crippen molar-refractivity contribution in [1.29, 1.82) is 0 Å². The van der Waals surface area contributed by atoms with Gasteiger partial charge in [-0.2, -0.15) is 0 Å². The molecule has 0 fully saturated rings. The van der Waals surface area contributed by atoms with Crippen LogP contribution in [0.15, 0.2) is 42.6 Å². The first kappa shape index (κ1) is 11.9. The molecule has 0 saturated carbocycles. The maximum Gasteiger partial charge on any atom is 0.339 e. The highest BCUT2D eigenvalue weighted by atomic mass is 16.5. The molecule has 2 rings (SSSR count). The minimum Gasteiger partial charge on any atom is -0.497 e. The molecule has 1 N–H and O–H groups in total. The zero-order valence-electron chi connectivity index (χ0n) is 9.66. The smallest absolute Gasteiger partial charge is 0.339 e. The first-order chi connectivity index (χ1) is 8.70. The van der Waals surface area contributed by atoms with Gasteiger partial charge in [0.1, 0.15) is 17.1 Å². The number of aromatic carboxylic acids is 1. The first-order valence-electron chi connectivity index (χ1n) is 5.21. The van der Waals surface area contributed by atoms with Crippen LogP contribution in [0, 0.1) is 0 Å². The maximum atomic E-state index is 11.1. The van der Waals surface area contributed by atoms with Gasteiger partial charge < -0.3 is 14.6 Å². The highest BCUT2D eigenvalue weighted by Crippen LogP contribution is 2.27. The molecule has 0 aliphatic carbocycles. The minimum atomic E-state index is -1.08. The molecule has 0 bridgehead atoms. The van der Waals surface area contributed by atoms with E-state index >= 15 is 0 Å². The lowest BCUT2D eigenvalue weighted by Crippen LogP contribution is -2.01. The fraction of sp³-hybridized carbons (Fsp3) is 0.0769. The number of carboxylic acids is 1. The van der Waals surface area contributed by atoms with Gasteiger partial charge in [0.05, 0.1) is 7.11 Å². The molecule has 0 aliphatic rings. The van der Waals surface area contributed by atoms with Crippen LogP contribution in [-0.4, -0.2) is 23.2 Å². The molecule has 5 nitrogen and oxygen atoms in total. The van der Waals surface area contributed by atoms with Gasteiger partial charge in [0.2, 0.25) is 5.88 Å². The number of pyridine rings is 1. The van der Waals surface area contributed by atoms with Crippen molar-refractivity contribution in [3.8, 4) is 17.4 Å². The Balaban J connectivity index is 2.35. The van der Waals surface area contributed by atoms with E-state index in [-0.39, 0.29) is 11.3 Å². The lowest BCUT2D eigenvalue weighted by Gasteiger charge is -2.09. The Kier molecular flexibility index (Phi) is 3.43. The van der Waals surface area contributed by atoms with Crippen LogP contribution in [-0.2, 0) is 0 Å². The predicted molar refractivity (Wildman–Crippen MR) is 64.3 cm³/mol. The van der Waals surface area contributed by atoms with Crippen molar-refractivity contribution >= 4 is 5.97 Å². The SMILES string of the molecule is COc1ccc(Oc2ccccn2)c(C(=O)O)c1. The van der Waals surface area contributed by atoms with Crippen molar-refractivity contribution < 1.29 is 19.4 Å². The molecule has 0 radical (unpaired) electrons. The largest absolute Gasteiger partial charge is 0.497 e. The number of aromatic nitrogens is 1. The summed E-state index contributed by atoms with van der Waals surface area (Å²) in [4.78, 5) is 15.1. The van der Waals surface area contributed by atoms with Gasteiger partial charge in [-0.3, -0.25) is 0 Å². The summed E-state index contributed by atoms with van der Waals surface area (Å²) in [6.07, 6.45) is 1.57. The van der Waals surface area contributed by atoms with Crippen LogP contribution in [0.2, 0.25) is 0 Å². The van der Waals surface area contributed by atoms with Crippen molar-refractivity contribution in [2.75, 3.05) is 7.11 Å². The third-order valence-corrected chi connectivity index (χ3v) is 2.27. The van der Waals surface area contributed by atoms with Crippen LogP contribution >= 0.6 is 0 Å². The van der Waals surface area contributed by atoms with Crippen LogP contribution < -0.4 is 9.47 Å². The van der Waals surface area contributed by atoms with E-state index in [4.69, 9.17) is 14.6 Å². The van der Waals surface area contributed by atoms with E-state index in [0.29, 0.717) is 11.6 Å². The number of ether oxygens (including phenoxy) is 2. The number of nitrogens with zero attached hydrogens (tertiary/aromatic N) is 1. The molecule has 18 heavy (non-hydrogen) atoms. The van der Waals surface area contributed by atoms with Crippen LogP contribution in [0.3, 0.4) is 0 Å². The average molecular weight is 245 g/mol. The molecule has 0 saturated heterocycles. The molecule has 0 atom stereocenters. The van der Waals surface area contributed by atoms with E-state index in [2.05, 4.69) is 4.98 Å². The molecular formula is C13H11NO4. The molecule has 1 heterocycles. The van der Waals surface area contributed by atoms with Gasteiger partial charge in [-0.1, -0.05) is 6.07 Å². The van der Waals surface area contributed by atoms with Crippen LogP contribution in [0.5, 0.6) is 17.4 Å². The minimum absolute atomic E-state index is 0.0278. The maximum absolute atomic E-state index is 11.1. The summed E-state index contributed by atoms with van der Waals surface area (Å²) >= 11 is 0. The Labute approximate surface area is 104 Å². The molecule has 2 aromatic rings. The van der Waals surface area contributed by atoms with Crippen molar-refractivity contribution in [3.63, 3.8) is 0 Å². The quantitative estimate of drug-likeness (QED) is 0.896. The molecule has 0 spiro atoms. The third kappa shape index (κ3) is 2.57. The fourth-order valence-electron chi connectivity index (χ4n) is 1.41. The van der Waals surface area contributed by atoms with Gasteiger partial charge in [0, 0.05) is 12.3 Å². The van der Waals surface area contributed by atoms with E-state index < -0.39 is 5.97 Å². The van der Waals surface area contributed by atoms with E-state index in [1.54, 1.807) is 30.5 Å². The zero-order valence-corrected chi connectivity index (χ0v) is 9.66. The molecule has 92 valence electrons. The Hall–Kier alpha value is -2.56. The number of hydrogen-bond acceptors (Lipinski definition) is 4. The topological polar surface area (TPSA) is 68.7 Å². The van der Waals surface area contributed by atoms with E-state index in [1.807, 2.05) is 0 Å². The molecule has 0 amide bonds. The molecule has 1 aromatic carbocycles. The first-order valence-corrected chi connectivity index (χ1v) is 5.21. The molecule has 0 unspecified atom stereocenters. The van der Waals surface area contributed by atoms with E-state index in [1.165, 1.54) is 19.2 Å². The van der Waals surface area contributed by atoms with Crippen LogP contribution in [0.1, 0.15) is 10.4 Å². The zero-order chi connectivity index (χ0) is 13.0. The second-order valence-electron chi connectivity index (χ2n) is 3.44. The number of methoxy groups -OCH3 is 1. The van der Waals surface area contributed by atoms with Crippen molar-refractivity contribution in [1.82, 2.24) is 4.98 Å². The van der Waals surface area contributed by atoms with Crippen LogP contribution in [0.4, 0.5) is 0 Å². The summed E-state index contributed by atoms with van der Waals surface area (Å²) in [5.41, 5.74) is 0.0278. The predicted octanol–water partition coefficient (Wildman–Crippen LogP) is 2.58. The van der Waals surface area contributed by atoms with Gasteiger partial charge >= 0.3 is 5.97 Å². The third-order valence-electron chi connectivity index (χ3n) is 2.27. The van der Waals surface area contributed by atoms with Crippen molar-refractivity contribution in [3.05, 3.63) is 48.2 Å². The Morgan fingerprint density at radius 1 is 1.28 bits per heavy atom. The van der Waals surface area contributed by atoms with E-state index in [0.717, 1.165) is 0 Å². The monoisotopic (exact) mass is 245 g/mol. The number of benzene rings is 1. The van der Waals surface area contributed by atoms with Crippen molar-refractivity contribution in [2.24, 2.45) is 0 Å². The summed E-state index contributed by atoms with van der Waals surface area (Å²) < 4.78 is 10.4. The lowest BCUT2D eigenvalue weighted by atomic mass is 10.2. The Bertz CT molecular complexity index is 554. The Morgan fingerprint density at radius 3 is 2.72 bits per heavy atom. The summed E-state index contributed by atoms with van der Waals surface area (Å²) in [7, 11) is 1.47. The van der Waals surface area contributed by atoms with Gasteiger partial charge in [-0.15, -0.1) is 0 Å². The van der Waals surface area contributed by atoms with Crippen LogP contribution in [0.25, 0.3) is 0 Å². The highest BCUT2D eigenvalue weighted by Gasteiger charge is 2.13. The lowest BCUT2D eigenvalue weighted by molar-refractivity contribution is 0.0693. The second-order valence-corrected chi connectivity index (χ2v) is 3.44. The number of carbonyl (C=O) groups is 1. The fourth-order valence-corrected chi connectivity index (χ4v) is 1.41. The van der Waals surface area contributed by atoms with Gasteiger partial charge in [-0.25, -0.2) is 9.78 Å². The highest BCUT2D eigenvalue weighted by molar-refractivity contribution is 5.91. The summed E-state index contributed by atoms with van der Waals surface area (Å²) in [5, 5.41) is 9.11. The molecule has 0 aliphatic heterocycles. The normalized spacial score (nSPS) is 9.83. The van der Waals surface area contributed by atoms with Crippen molar-refractivity contribution in [2.45, 2.75) is 0 Å². The standard InChI is InChI=1S/C13H11NO4/c1-17-9-5-6-11(10(8-9)13(15)16)18-12-4-2-3-7-14-12/h2-8H,1H3,(H,15,16). The van der Waals surface area contributed by atoms with Gasteiger partial charge in [-0.05, 0) is 24.3 Å². The van der Waals surface area contributed by atoms with Gasteiger partial charge in [0.15, 0.2) is 0 Å². The van der Waals surface area contributed by atoms with E-state index in [9.17, 15) is 4.79 Å². The summed E-state index contributed by atoms with van der Waals surface area (Å²) in [5.74, 6) is -0.0623. The number of rotatable bonds is 4. The molecular weight excluding hydrogens is 234 g/mol. The average Bonchev–Trinajstić information content (AvgIpc) is 2.40. The molecule has 5 heteroatoms. The van der Waals surface area contributed by atoms with Gasteiger partial charge in [0.25, 0.3) is 0 Å². The number of hydrogen-bond donors (Lipinski definition) is 1.